The summed E-state index contributed by atoms with van der Waals surface area (Å²) in [4.78, 5) is 32.7. The van der Waals surface area contributed by atoms with Crippen LogP contribution in [0.4, 0.5) is 4.39 Å². The Morgan fingerprint density at radius 3 is 2.72 bits per heavy atom. The Morgan fingerprint density at radius 1 is 1.34 bits per heavy atom. The lowest BCUT2D eigenvalue weighted by Crippen LogP contribution is -2.44. The van der Waals surface area contributed by atoms with E-state index in [9.17, 15) is 14.0 Å². The minimum atomic E-state index is -0.797. The number of aryl methyl sites for hydroxylation is 1. The molecule has 4 heterocycles. The first-order valence-corrected chi connectivity index (χ1v) is 10.7. The van der Waals surface area contributed by atoms with Crippen LogP contribution in [-0.2, 0) is 23.3 Å². The molecular weight excluding hydrogens is 415 g/mol. The van der Waals surface area contributed by atoms with Gasteiger partial charge in [0.05, 0.1) is 11.3 Å². The number of carbonyl (C=O) groups excluding carboxylic acids is 1. The fourth-order valence-corrected chi connectivity index (χ4v) is 4.28. The maximum atomic E-state index is 14.8. The maximum absolute atomic E-state index is 14.8. The number of nitrogens with zero attached hydrogens (tertiary/aromatic N) is 4. The molecule has 1 aliphatic heterocycles. The van der Waals surface area contributed by atoms with Crippen molar-refractivity contribution in [3.05, 3.63) is 63.2 Å². The molecule has 0 unspecified atom stereocenters. The smallest absolute Gasteiger partial charge is 0.269 e. The Balaban J connectivity index is 1.48. The van der Waals surface area contributed by atoms with E-state index in [1.54, 1.807) is 23.9 Å². The van der Waals surface area contributed by atoms with E-state index in [1.165, 1.54) is 13.1 Å². The molecule has 10 heteroatoms. The highest BCUT2D eigenvalue weighted by Gasteiger charge is 2.39. The van der Waals surface area contributed by atoms with Crippen molar-refractivity contribution in [3.8, 4) is 0 Å². The normalized spacial score (nSPS) is 16.4. The van der Waals surface area contributed by atoms with E-state index < -0.39 is 17.5 Å². The van der Waals surface area contributed by atoms with E-state index in [4.69, 9.17) is 4.74 Å². The molecule has 32 heavy (non-hydrogen) atoms. The third-order valence-corrected chi connectivity index (χ3v) is 6.22. The topological polar surface area (TPSA) is 105 Å². The number of carbonyl (C=O) groups is 1. The molecule has 0 radical (unpaired) electrons. The fraction of sp³-hybridized carbons (Fsp3) is 0.455. The highest BCUT2D eigenvalue weighted by atomic mass is 19.1. The Bertz CT molecular complexity index is 1200. The Kier molecular flexibility index (Phi) is 6.07. The predicted molar refractivity (Wildman–Crippen MR) is 116 cm³/mol. The summed E-state index contributed by atoms with van der Waals surface area (Å²) in [5.41, 5.74) is 1.71. The number of piperidine rings is 1. The number of amides is 1. The van der Waals surface area contributed by atoms with Crippen molar-refractivity contribution in [3.63, 3.8) is 0 Å². The summed E-state index contributed by atoms with van der Waals surface area (Å²) in [5, 5.41) is 7.03. The summed E-state index contributed by atoms with van der Waals surface area (Å²) >= 11 is 0. The van der Waals surface area contributed by atoms with Gasteiger partial charge in [-0.05, 0) is 31.4 Å². The highest BCUT2D eigenvalue weighted by Crippen LogP contribution is 2.37. The number of halogens is 1. The zero-order valence-electron chi connectivity index (χ0n) is 18.4. The van der Waals surface area contributed by atoms with Crippen molar-refractivity contribution >= 4 is 11.6 Å². The SMILES string of the molecule is CCc1cn2nc(CN3CCC(OC)(c4ccc(C(=O)NC)nc4F)CC3)cc2[nH]c1=O. The van der Waals surface area contributed by atoms with Gasteiger partial charge >= 0.3 is 0 Å². The first-order valence-electron chi connectivity index (χ1n) is 10.7. The van der Waals surface area contributed by atoms with E-state index in [2.05, 4.69) is 25.3 Å². The molecule has 1 saturated heterocycles. The second-order valence-electron chi connectivity index (χ2n) is 8.02. The molecule has 0 atom stereocenters. The summed E-state index contributed by atoms with van der Waals surface area (Å²) in [6, 6.07) is 4.99. The number of H-pyrrole nitrogens is 1. The lowest BCUT2D eigenvalue weighted by molar-refractivity contribution is -0.0665. The second-order valence-corrected chi connectivity index (χ2v) is 8.02. The molecule has 4 rings (SSSR count). The van der Waals surface area contributed by atoms with Crippen LogP contribution in [0.5, 0.6) is 0 Å². The van der Waals surface area contributed by atoms with Crippen LogP contribution in [0.1, 0.15) is 47.1 Å². The average molecular weight is 442 g/mol. The number of fused-ring (bicyclic) bond motifs is 1. The fourth-order valence-electron chi connectivity index (χ4n) is 4.28. The van der Waals surface area contributed by atoms with Crippen LogP contribution in [0.3, 0.4) is 0 Å². The molecule has 0 aromatic carbocycles. The first kappa shape index (κ1) is 22.1. The minimum Gasteiger partial charge on any atom is -0.373 e. The van der Waals surface area contributed by atoms with Crippen LogP contribution >= 0.6 is 0 Å². The van der Waals surface area contributed by atoms with Crippen LogP contribution in [0.15, 0.2) is 29.2 Å². The van der Waals surface area contributed by atoms with Gasteiger partial charge in [0.15, 0.2) is 0 Å². The summed E-state index contributed by atoms with van der Waals surface area (Å²) in [7, 11) is 3.05. The summed E-state index contributed by atoms with van der Waals surface area (Å²) < 4.78 is 22.3. The standard InChI is InChI=1S/C22H27FN6O3/c1-4-14-12-29-18(26-20(14)30)11-15(27-29)13-28-9-7-22(32-3,8-10-28)16-5-6-17(21(31)24-2)25-19(16)23/h5-6,11-12H,4,7-10,13H2,1-3H3,(H,24,31)(H,26,30). The number of rotatable bonds is 6. The molecule has 0 spiro atoms. The molecule has 0 bridgehead atoms. The van der Waals surface area contributed by atoms with Gasteiger partial charge in [0.2, 0.25) is 5.95 Å². The molecule has 9 nitrogen and oxygen atoms in total. The number of likely N-dealkylation sites (tertiary alicyclic amines) is 1. The minimum absolute atomic E-state index is 0.0357. The molecule has 1 aliphatic rings. The van der Waals surface area contributed by atoms with E-state index in [0.29, 0.717) is 55.7 Å². The van der Waals surface area contributed by atoms with Crippen molar-refractivity contribution in [2.45, 2.75) is 38.3 Å². The van der Waals surface area contributed by atoms with E-state index in [0.717, 1.165) is 5.69 Å². The van der Waals surface area contributed by atoms with Gasteiger partial charge in [0.25, 0.3) is 11.5 Å². The number of aromatic nitrogens is 4. The van der Waals surface area contributed by atoms with Crippen molar-refractivity contribution in [1.82, 2.24) is 29.8 Å². The van der Waals surface area contributed by atoms with Gasteiger partial charge in [-0.25, -0.2) is 9.50 Å². The highest BCUT2D eigenvalue weighted by molar-refractivity contribution is 5.91. The predicted octanol–water partition coefficient (Wildman–Crippen LogP) is 1.62. The lowest BCUT2D eigenvalue weighted by atomic mass is 9.84. The van der Waals surface area contributed by atoms with Gasteiger partial charge in [-0.2, -0.15) is 9.49 Å². The van der Waals surface area contributed by atoms with Gasteiger partial charge in [-0.15, -0.1) is 0 Å². The Labute approximate surface area is 184 Å². The van der Waals surface area contributed by atoms with Crippen molar-refractivity contribution in [1.29, 1.82) is 0 Å². The van der Waals surface area contributed by atoms with Gasteiger partial charge in [0, 0.05) is 57.2 Å². The van der Waals surface area contributed by atoms with Gasteiger partial charge in [0.1, 0.15) is 11.3 Å². The largest absolute Gasteiger partial charge is 0.373 e. The Hall–Kier alpha value is -3.11. The molecule has 2 N–H and O–H groups in total. The molecule has 3 aromatic heterocycles. The van der Waals surface area contributed by atoms with Crippen LogP contribution in [0.2, 0.25) is 0 Å². The molecule has 170 valence electrons. The number of methoxy groups -OCH3 is 1. The van der Waals surface area contributed by atoms with Crippen LogP contribution in [-0.4, -0.2) is 57.6 Å². The van der Waals surface area contributed by atoms with Gasteiger partial charge in [-0.1, -0.05) is 6.92 Å². The second kappa shape index (κ2) is 8.79. The van der Waals surface area contributed by atoms with Crippen LogP contribution < -0.4 is 10.9 Å². The number of ether oxygens (including phenoxy) is 1. The molecule has 0 saturated carbocycles. The van der Waals surface area contributed by atoms with E-state index in [1.807, 2.05) is 13.0 Å². The molecular formula is C22H27FN6O3. The average Bonchev–Trinajstić information content (AvgIpc) is 3.19. The van der Waals surface area contributed by atoms with Crippen LogP contribution in [0.25, 0.3) is 5.65 Å². The van der Waals surface area contributed by atoms with Crippen molar-refractivity contribution in [2.24, 2.45) is 0 Å². The third kappa shape index (κ3) is 4.03. The number of pyridine rings is 1. The molecule has 1 amide bonds. The molecule has 1 fully saturated rings. The van der Waals surface area contributed by atoms with Gasteiger partial charge in [-0.3, -0.25) is 14.5 Å². The van der Waals surface area contributed by atoms with E-state index in [-0.39, 0.29) is 11.3 Å². The lowest BCUT2D eigenvalue weighted by Gasteiger charge is -2.40. The summed E-state index contributed by atoms with van der Waals surface area (Å²) in [5.74, 6) is -1.12. The first-order chi connectivity index (χ1) is 15.4. The number of hydrogen-bond acceptors (Lipinski definition) is 6. The van der Waals surface area contributed by atoms with Gasteiger partial charge < -0.3 is 15.0 Å². The molecule has 3 aromatic rings. The monoisotopic (exact) mass is 442 g/mol. The number of hydrogen-bond donors (Lipinski definition) is 2. The third-order valence-electron chi connectivity index (χ3n) is 6.22. The zero-order valence-corrected chi connectivity index (χ0v) is 18.4. The van der Waals surface area contributed by atoms with Crippen LogP contribution in [0, 0.1) is 5.95 Å². The molecule has 0 aliphatic carbocycles. The number of nitrogens with one attached hydrogen (secondary N) is 2. The zero-order chi connectivity index (χ0) is 22.9. The van der Waals surface area contributed by atoms with Crippen molar-refractivity contribution < 1.29 is 13.9 Å². The van der Waals surface area contributed by atoms with E-state index >= 15 is 0 Å². The Morgan fingerprint density at radius 2 is 2.09 bits per heavy atom. The summed E-state index contributed by atoms with van der Waals surface area (Å²) in [6.07, 6.45) is 3.56. The maximum Gasteiger partial charge on any atom is 0.269 e. The summed E-state index contributed by atoms with van der Waals surface area (Å²) in [6.45, 7) is 3.90. The number of aromatic amines is 1. The van der Waals surface area contributed by atoms with Crippen molar-refractivity contribution in [2.75, 3.05) is 27.2 Å². The quantitative estimate of drug-likeness (QED) is 0.562.